The Morgan fingerprint density at radius 1 is 1.12 bits per heavy atom. The lowest BCUT2D eigenvalue weighted by Gasteiger charge is -2.58. The number of fused-ring (bicyclic) bond motifs is 5. The van der Waals surface area contributed by atoms with E-state index in [-0.39, 0.29) is 23.4 Å². The lowest BCUT2D eigenvalue weighted by atomic mass is 9.46. The summed E-state index contributed by atoms with van der Waals surface area (Å²) in [6, 6.07) is -2.44. The van der Waals surface area contributed by atoms with Gasteiger partial charge in [-0.25, -0.2) is 4.79 Å². The van der Waals surface area contributed by atoms with Crippen molar-refractivity contribution in [3.8, 4) is 12.3 Å². The number of carboxylic acids is 1. The first-order valence-corrected chi connectivity index (χ1v) is 14.8. The van der Waals surface area contributed by atoms with Crippen LogP contribution in [0.2, 0.25) is 0 Å². The summed E-state index contributed by atoms with van der Waals surface area (Å²) in [7, 11) is 0. The topological polar surface area (TPSA) is 158 Å². The van der Waals surface area contributed by atoms with Gasteiger partial charge in [0.15, 0.2) is 6.61 Å². The Morgan fingerprint density at radius 3 is 2.46 bits per heavy atom. The first-order chi connectivity index (χ1) is 19.3. The second-order valence-corrected chi connectivity index (χ2v) is 13.2. The van der Waals surface area contributed by atoms with Crippen molar-refractivity contribution < 1.29 is 34.5 Å². The monoisotopic (exact) mass is 571 g/mol. The maximum Gasteiger partial charge on any atom is 0.328 e. The Labute approximate surface area is 242 Å². The van der Waals surface area contributed by atoms with Gasteiger partial charge in [-0.15, -0.1) is 6.42 Å². The van der Waals surface area contributed by atoms with Crippen LogP contribution in [-0.2, 0) is 19.2 Å². The average molecular weight is 572 g/mol. The number of hydrogen-bond acceptors (Lipinski definition) is 7. The predicted molar refractivity (Wildman–Crippen MR) is 152 cm³/mol. The van der Waals surface area contributed by atoms with Gasteiger partial charge in [-0.2, -0.15) is 0 Å². The highest BCUT2D eigenvalue weighted by atomic mass is 16.6. The zero-order valence-electron chi connectivity index (χ0n) is 24.6. The van der Waals surface area contributed by atoms with Gasteiger partial charge >= 0.3 is 5.97 Å². The van der Waals surface area contributed by atoms with Crippen molar-refractivity contribution in [3.63, 3.8) is 0 Å². The van der Waals surface area contributed by atoms with E-state index in [9.17, 15) is 19.5 Å². The number of hydrogen-bond donors (Lipinski definition) is 5. The predicted octanol–water partition coefficient (Wildman–Crippen LogP) is 2.39. The smallest absolute Gasteiger partial charge is 0.328 e. The van der Waals surface area contributed by atoms with Crippen molar-refractivity contribution in [3.05, 3.63) is 11.6 Å². The fraction of sp³-hybridized carbons (Fsp3) is 0.742. The van der Waals surface area contributed by atoms with E-state index in [2.05, 4.69) is 41.6 Å². The number of aliphatic hydroxyl groups is 2. The summed E-state index contributed by atoms with van der Waals surface area (Å²) in [4.78, 5) is 41.5. The largest absolute Gasteiger partial charge is 0.480 e. The number of amides is 2. The summed E-state index contributed by atoms with van der Waals surface area (Å²) in [5.74, 6) is 1.33. The highest BCUT2D eigenvalue weighted by Gasteiger charge is 2.63. The van der Waals surface area contributed by atoms with Crippen LogP contribution in [0.1, 0.15) is 79.1 Å². The van der Waals surface area contributed by atoms with Crippen LogP contribution >= 0.6 is 0 Å². The van der Waals surface area contributed by atoms with E-state index in [1.807, 2.05) is 0 Å². The first-order valence-electron chi connectivity index (χ1n) is 14.8. The van der Waals surface area contributed by atoms with Gasteiger partial charge in [0.2, 0.25) is 5.91 Å². The van der Waals surface area contributed by atoms with Gasteiger partial charge in [0.05, 0.1) is 12.3 Å². The Balaban J connectivity index is 1.36. The Morgan fingerprint density at radius 2 is 1.83 bits per heavy atom. The molecule has 0 aliphatic heterocycles. The Bertz CT molecular complexity index is 1160. The third kappa shape index (κ3) is 5.63. The molecule has 0 aromatic heterocycles. The molecule has 4 rings (SSSR count). The summed E-state index contributed by atoms with van der Waals surface area (Å²) in [5.41, 5.74) is 1.01. The molecular weight excluding hydrogens is 526 g/mol. The first kappa shape index (κ1) is 31.0. The molecule has 3 fully saturated rings. The van der Waals surface area contributed by atoms with E-state index in [1.54, 1.807) is 13.8 Å². The van der Waals surface area contributed by atoms with Gasteiger partial charge in [-0.3, -0.25) is 9.59 Å². The molecule has 5 unspecified atom stereocenters. The molecule has 0 radical (unpaired) electrons. The van der Waals surface area contributed by atoms with Crippen LogP contribution in [0.4, 0.5) is 0 Å². The number of rotatable bonds is 9. The van der Waals surface area contributed by atoms with E-state index >= 15 is 0 Å². The number of carbonyl (C=O) groups excluding carboxylic acids is 2. The molecule has 4 aliphatic carbocycles. The van der Waals surface area contributed by atoms with Gasteiger partial charge < -0.3 is 30.8 Å². The lowest BCUT2D eigenvalue weighted by Crippen LogP contribution is -2.55. The molecule has 10 nitrogen and oxygen atoms in total. The van der Waals surface area contributed by atoms with Crippen molar-refractivity contribution in [2.75, 3.05) is 13.2 Å². The Hall–Kier alpha value is -2.90. The number of oxime groups is 1. The Kier molecular flexibility index (Phi) is 8.91. The normalized spacial score (nSPS) is 36.6. The second kappa shape index (κ2) is 11.8. The summed E-state index contributed by atoms with van der Waals surface area (Å²) in [6.45, 7) is 6.86. The molecule has 226 valence electrons. The number of nitrogens with one attached hydrogen (secondary N) is 2. The summed E-state index contributed by atoms with van der Waals surface area (Å²) in [6.07, 6.45) is 15.3. The number of terminal acetylenes is 1. The molecule has 0 heterocycles. The van der Waals surface area contributed by atoms with Crippen molar-refractivity contribution in [2.24, 2.45) is 39.7 Å². The van der Waals surface area contributed by atoms with Crippen LogP contribution in [0.15, 0.2) is 16.8 Å². The van der Waals surface area contributed by atoms with Gasteiger partial charge in [0.1, 0.15) is 17.7 Å². The quantitative estimate of drug-likeness (QED) is 0.210. The minimum Gasteiger partial charge on any atom is -0.480 e. The summed E-state index contributed by atoms with van der Waals surface area (Å²) in [5, 5.41) is 38.5. The molecule has 0 bridgehead atoms. The van der Waals surface area contributed by atoms with Crippen LogP contribution in [0, 0.1) is 46.8 Å². The summed E-state index contributed by atoms with van der Waals surface area (Å²) < 4.78 is 0. The molecule has 10 heteroatoms. The van der Waals surface area contributed by atoms with Crippen molar-refractivity contribution in [1.29, 1.82) is 0 Å². The minimum absolute atomic E-state index is 0.0672. The average Bonchev–Trinajstić information content (AvgIpc) is 3.20. The number of carboxylic acid groups (broad SMARTS) is 1. The van der Waals surface area contributed by atoms with E-state index in [1.165, 1.54) is 5.57 Å². The molecule has 3 saturated carbocycles. The van der Waals surface area contributed by atoms with Crippen LogP contribution < -0.4 is 10.6 Å². The van der Waals surface area contributed by atoms with Gasteiger partial charge in [0.25, 0.3) is 5.91 Å². The number of carbonyl (C=O) groups is 3. The maximum atomic E-state index is 12.5. The zero-order valence-corrected chi connectivity index (χ0v) is 24.6. The number of nitrogens with zero attached hydrogens (tertiary/aromatic N) is 1. The molecule has 0 aromatic carbocycles. The zero-order chi connectivity index (χ0) is 30.2. The molecule has 41 heavy (non-hydrogen) atoms. The third-order valence-corrected chi connectivity index (χ3v) is 10.8. The van der Waals surface area contributed by atoms with Crippen LogP contribution in [-0.4, -0.2) is 69.7 Å². The highest BCUT2D eigenvalue weighted by molar-refractivity contribution is 5.96. The number of aliphatic hydroxyl groups excluding tert-OH is 1. The van der Waals surface area contributed by atoms with Crippen LogP contribution in [0.25, 0.3) is 0 Å². The standard InChI is InChI=1S/C31H45N3O7/c1-6-31(40)14-11-23-21-8-7-19-15-20(9-12-29(19,4)22(21)10-13-30(23,31)5)34-41-17-25(36)33-26(18(2)3)27(37)32-24(16-35)28(38)39/h1,15,18,21-24,26,35,40H,7-14,16-17H2,2-5H3,(H,32,37)(H,33,36)(H,38,39)/b34-20+/t21?,22?,23?,24?,26?,29-,30-,31+/m0/s1. The van der Waals surface area contributed by atoms with E-state index < -0.39 is 42.1 Å². The van der Waals surface area contributed by atoms with Crippen LogP contribution in [0.5, 0.6) is 0 Å². The van der Waals surface area contributed by atoms with E-state index in [0.29, 0.717) is 24.2 Å². The lowest BCUT2D eigenvalue weighted by molar-refractivity contribution is -0.143. The molecule has 0 aromatic rings. The fourth-order valence-corrected chi connectivity index (χ4v) is 8.27. The summed E-state index contributed by atoms with van der Waals surface area (Å²) >= 11 is 0. The van der Waals surface area contributed by atoms with Crippen molar-refractivity contribution in [1.82, 2.24) is 10.6 Å². The molecule has 0 saturated heterocycles. The minimum atomic E-state index is -1.45. The fourth-order valence-electron chi connectivity index (χ4n) is 8.27. The molecule has 8 atom stereocenters. The van der Waals surface area contributed by atoms with Gasteiger partial charge in [-0.1, -0.05) is 44.3 Å². The SMILES string of the molecule is C#C[C@@]1(O)CCC2C3CCC4=C/C(=N/OCC(=O)NC(C(=O)NC(CO)C(=O)O)C(C)C)CC[C@]4(C)C3CC[C@@]21C. The van der Waals surface area contributed by atoms with Gasteiger partial charge in [0, 0.05) is 5.41 Å². The molecule has 5 N–H and O–H groups in total. The highest BCUT2D eigenvalue weighted by Crippen LogP contribution is 2.67. The van der Waals surface area contributed by atoms with E-state index in [4.69, 9.17) is 21.5 Å². The number of aliphatic carboxylic acids is 1. The molecular formula is C31H45N3O7. The molecule has 0 spiro atoms. The molecule has 4 aliphatic rings. The van der Waals surface area contributed by atoms with Crippen molar-refractivity contribution in [2.45, 2.75) is 96.7 Å². The van der Waals surface area contributed by atoms with E-state index in [0.717, 1.165) is 50.7 Å². The molecule has 2 amide bonds. The maximum absolute atomic E-state index is 12.5. The van der Waals surface area contributed by atoms with Crippen LogP contribution in [0.3, 0.4) is 0 Å². The van der Waals surface area contributed by atoms with Crippen molar-refractivity contribution >= 4 is 23.5 Å². The number of allylic oxidation sites excluding steroid dienone is 2. The third-order valence-electron chi connectivity index (χ3n) is 10.8. The second-order valence-electron chi connectivity index (χ2n) is 13.2. The van der Waals surface area contributed by atoms with Gasteiger partial charge in [-0.05, 0) is 86.5 Å².